The number of fused-ring (bicyclic) bond motifs is 1. The summed E-state index contributed by atoms with van der Waals surface area (Å²) in [4.78, 5) is 29.5. The fourth-order valence-corrected chi connectivity index (χ4v) is 7.61. The summed E-state index contributed by atoms with van der Waals surface area (Å²) >= 11 is 1.43. The van der Waals surface area contributed by atoms with Crippen LogP contribution in [-0.2, 0) is 29.5 Å². The molecular weight excluding hydrogens is 532 g/mol. The van der Waals surface area contributed by atoms with Crippen molar-refractivity contribution in [3.8, 4) is 0 Å². The second-order valence-electron chi connectivity index (χ2n) is 10.2. The van der Waals surface area contributed by atoms with Crippen LogP contribution < -0.4 is 10.6 Å². The van der Waals surface area contributed by atoms with Crippen molar-refractivity contribution in [2.45, 2.75) is 64.2 Å². The van der Waals surface area contributed by atoms with Gasteiger partial charge in [0.1, 0.15) is 5.00 Å². The Labute approximate surface area is 235 Å². The van der Waals surface area contributed by atoms with Gasteiger partial charge in [-0.05, 0) is 69.5 Å². The Kier molecular flexibility index (Phi) is 8.90. The molecule has 0 radical (unpaired) electrons. The average molecular weight is 569 g/mol. The van der Waals surface area contributed by atoms with E-state index < -0.39 is 15.9 Å². The minimum Gasteiger partial charge on any atom is -0.355 e. The Hall–Kier alpha value is -3.05. The standard InChI is InChI=1S/C29H36N4O4S2/c1-19(2)32-16-15-24-25(18-32)38-29(26(24)28(35)30-5)31-27(34)22-11-13-23(14-12-22)39(36,37)33(20(3)4)17-21-9-7-6-8-10-21/h6-14,19-20H,15-18H2,1-5H3,(H,30,35)(H,31,34). The first kappa shape index (κ1) is 28.9. The van der Waals surface area contributed by atoms with E-state index in [0.29, 0.717) is 22.2 Å². The van der Waals surface area contributed by atoms with Crippen LogP contribution in [-0.4, -0.2) is 55.1 Å². The number of nitrogens with one attached hydrogen (secondary N) is 2. The quantitative estimate of drug-likeness (QED) is 0.389. The molecule has 2 N–H and O–H groups in total. The Bertz CT molecular complexity index is 1430. The number of nitrogens with zero attached hydrogens (tertiary/aromatic N) is 2. The Morgan fingerprint density at radius 2 is 1.67 bits per heavy atom. The van der Waals surface area contributed by atoms with Gasteiger partial charge >= 0.3 is 0 Å². The van der Waals surface area contributed by atoms with Crippen LogP contribution in [0.3, 0.4) is 0 Å². The molecule has 4 rings (SSSR count). The van der Waals surface area contributed by atoms with Crippen molar-refractivity contribution >= 4 is 38.2 Å². The summed E-state index contributed by atoms with van der Waals surface area (Å²) in [6, 6.07) is 15.5. The number of hydrogen-bond donors (Lipinski definition) is 2. The highest BCUT2D eigenvalue weighted by atomic mass is 32.2. The van der Waals surface area contributed by atoms with Gasteiger partial charge in [-0.25, -0.2) is 8.42 Å². The first-order valence-electron chi connectivity index (χ1n) is 13.1. The third-order valence-corrected chi connectivity index (χ3v) is 10.1. The lowest BCUT2D eigenvalue weighted by Crippen LogP contribution is -2.36. The molecule has 0 saturated heterocycles. The summed E-state index contributed by atoms with van der Waals surface area (Å²) in [5.74, 6) is -0.622. The first-order valence-corrected chi connectivity index (χ1v) is 15.4. The lowest BCUT2D eigenvalue weighted by Gasteiger charge is -2.30. The Morgan fingerprint density at radius 3 is 2.26 bits per heavy atom. The predicted molar refractivity (Wildman–Crippen MR) is 156 cm³/mol. The van der Waals surface area contributed by atoms with Crippen molar-refractivity contribution in [1.29, 1.82) is 0 Å². The molecule has 39 heavy (non-hydrogen) atoms. The van der Waals surface area contributed by atoms with Crippen LogP contribution in [0.25, 0.3) is 0 Å². The molecule has 0 saturated carbocycles. The number of rotatable bonds is 9. The van der Waals surface area contributed by atoms with Crippen molar-refractivity contribution in [2.24, 2.45) is 0 Å². The molecule has 2 heterocycles. The fraction of sp³-hybridized carbons (Fsp3) is 0.379. The smallest absolute Gasteiger partial charge is 0.256 e. The topological polar surface area (TPSA) is 98.8 Å². The van der Waals surface area contributed by atoms with E-state index in [1.165, 1.54) is 39.9 Å². The van der Waals surface area contributed by atoms with Gasteiger partial charge in [-0.15, -0.1) is 11.3 Å². The molecule has 208 valence electrons. The van der Waals surface area contributed by atoms with E-state index in [0.717, 1.165) is 35.5 Å². The Balaban J connectivity index is 1.56. The molecule has 1 aliphatic heterocycles. The van der Waals surface area contributed by atoms with Crippen LogP contribution in [0.2, 0.25) is 0 Å². The number of anilines is 1. The molecular formula is C29H36N4O4S2. The van der Waals surface area contributed by atoms with Gasteiger partial charge < -0.3 is 10.6 Å². The lowest BCUT2D eigenvalue weighted by molar-refractivity contribution is 0.0962. The number of carbonyl (C=O) groups is 2. The highest BCUT2D eigenvalue weighted by molar-refractivity contribution is 7.89. The van der Waals surface area contributed by atoms with E-state index in [9.17, 15) is 18.0 Å². The summed E-state index contributed by atoms with van der Waals surface area (Å²) < 4.78 is 28.4. The van der Waals surface area contributed by atoms with E-state index in [-0.39, 0.29) is 23.4 Å². The third kappa shape index (κ3) is 6.24. The number of amides is 2. The van der Waals surface area contributed by atoms with Gasteiger partial charge in [0.15, 0.2) is 0 Å². The number of benzene rings is 2. The van der Waals surface area contributed by atoms with E-state index in [2.05, 4.69) is 29.4 Å². The molecule has 2 aromatic carbocycles. The Morgan fingerprint density at radius 1 is 1.00 bits per heavy atom. The SMILES string of the molecule is CNC(=O)c1c(NC(=O)c2ccc(S(=O)(=O)N(Cc3ccccc3)C(C)C)cc2)sc2c1CCN(C(C)C)C2. The van der Waals surface area contributed by atoms with Crippen molar-refractivity contribution < 1.29 is 18.0 Å². The van der Waals surface area contributed by atoms with Gasteiger partial charge in [-0.1, -0.05) is 30.3 Å². The molecule has 0 unspecified atom stereocenters. The highest BCUT2D eigenvalue weighted by Crippen LogP contribution is 2.38. The zero-order valence-electron chi connectivity index (χ0n) is 23.0. The fourth-order valence-electron chi connectivity index (χ4n) is 4.71. The van der Waals surface area contributed by atoms with Crippen molar-refractivity contribution in [1.82, 2.24) is 14.5 Å². The van der Waals surface area contributed by atoms with E-state index in [1.807, 2.05) is 44.2 Å². The highest BCUT2D eigenvalue weighted by Gasteiger charge is 2.30. The molecule has 3 aromatic rings. The van der Waals surface area contributed by atoms with E-state index in [4.69, 9.17) is 0 Å². The van der Waals surface area contributed by atoms with Gasteiger partial charge in [-0.2, -0.15) is 4.31 Å². The molecule has 10 heteroatoms. The van der Waals surface area contributed by atoms with Crippen molar-refractivity contribution in [2.75, 3.05) is 18.9 Å². The van der Waals surface area contributed by atoms with Gasteiger partial charge in [0, 0.05) is 49.2 Å². The number of sulfonamides is 1. The van der Waals surface area contributed by atoms with Crippen LogP contribution >= 0.6 is 11.3 Å². The van der Waals surface area contributed by atoms with Crippen LogP contribution in [0.5, 0.6) is 0 Å². The van der Waals surface area contributed by atoms with Gasteiger partial charge in [0.25, 0.3) is 11.8 Å². The van der Waals surface area contributed by atoms with Crippen LogP contribution in [0.15, 0.2) is 59.5 Å². The summed E-state index contributed by atoms with van der Waals surface area (Å²) in [6.45, 7) is 9.81. The van der Waals surface area contributed by atoms with Crippen molar-refractivity contribution in [3.63, 3.8) is 0 Å². The normalized spacial score (nSPS) is 14.1. The number of hydrogen-bond acceptors (Lipinski definition) is 6. The molecule has 8 nitrogen and oxygen atoms in total. The minimum absolute atomic E-state index is 0.120. The monoisotopic (exact) mass is 568 g/mol. The van der Waals surface area contributed by atoms with Crippen molar-refractivity contribution in [3.05, 3.63) is 81.7 Å². The molecule has 1 aromatic heterocycles. The van der Waals surface area contributed by atoms with Gasteiger partial charge in [0.05, 0.1) is 10.5 Å². The number of carbonyl (C=O) groups excluding carboxylic acids is 2. The van der Waals surface area contributed by atoms with Crippen LogP contribution in [0, 0.1) is 0 Å². The summed E-state index contributed by atoms with van der Waals surface area (Å²) in [5.41, 5.74) is 2.71. The number of thiophene rings is 1. The molecule has 0 aliphatic carbocycles. The lowest BCUT2D eigenvalue weighted by atomic mass is 10.0. The zero-order valence-corrected chi connectivity index (χ0v) is 24.7. The maximum absolute atomic E-state index is 13.5. The summed E-state index contributed by atoms with van der Waals surface area (Å²) in [7, 11) is -2.21. The maximum Gasteiger partial charge on any atom is 0.256 e. The van der Waals surface area contributed by atoms with Crippen LogP contribution in [0.1, 0.15) is 64.4 Å². The summed E-state index contributed by atoms with van der Waals surface area (Å²) in [6.07, 6.45) is 0.741. The van der Waals surface area contributed by atoms with Gasteiger partial charge in [0.2, 0.25) is 10.0 Å². The predicted octanol–water partition coefficient (Wildman–Crippen LogP) is 4.73. The molecule has 1 aliphatic rings. The van der Waals surface area contributed by atoms with Gasteiger partial charge in [-0.3, -0.25) is 14.5 Å². The average Bonchev–Trinajstić information content (AvgIpc) is 3.28. The first-order chi connectivity index (χ1) is 18.5. The second-order valence-corrected chi connectivity index (χ2v) is 13.2. The van der Waals surface area contributed by atoms with Crippen LogP contribution in [0.4, 0.5) is 5.00 Å². The second kappa shape index (κ2) is 12.0. The maximum atomic E-state index is 13.5. The zero-order chi connectivity index (χ0) is 28.3. The minimum atomic E-state index is -3.79. The third-order valence-electron chi connectivity index (χ3n) is 6.98. The van der Waals surface area contributed by atoms with E-state index >= 15 is 0 Å². The molecule has 0 bridgehead atoms. The molecule has 2 amide bonds. The molecule has 0 atom stereocenters. The van der Waals surface area contributed by atoms with E-state index in [1.54, 1.807) is 7.05 Å². The summed E-state index contributed by atoms with van der Waals surface area (Å²) in [5, 5.41) is 6.13. The largest absolute Gasteiger partial charge is 0.355 e. The molecule has 0 fully saturated rings. The molecule has 0 spiro atoms.